The van der Waals surface area contributed by atoms with Crippen LogP contribution < -0.4 is 5.32 Å². The second kappa shape index (κ2) is 7.44. The van der Waals surface area contributed by atoms with E-state index in [9.17, 15) is 13.6 Å². The highest BCUT2D eigenvalue weighted by Gasteiger charge is 2.32. The number of hydrogen-bond donors (Lipinski definition) is 2. The molecule has 1 aromatic carbocycles. The molecule has 2 aliphatic heterocycles. The number of amides is 1. The first-order chi connectivity index (χ1) is 12.9. The number of fused-ring (bicyclic) bond motifs is 1. The number of H-pyrrole nitrogens is 1. The first-order valence-corrected chi connectivity index (χ1v) is 9.95. The van der Waals surface area contributed by atoms with E-state index >= 15 is 0 Å². The second-order valence-corrected chi connectivity index (χ2v) is 8.17. The van der Waals surface area contributed by atoms with Crippen LogP contribution >= 0.6 is 28.1 Å². The summed E-state index contributed by atoms with van der Waals surface area (Å²) in [5.41, 5.74) is 1.59. The van der Waals surface area contributed by atoms with Crippen LogP contribution in [0, 0.1) is 16.4 Å². The van der Waals surface area contributed by atoms with Crippen molar-refractivity contribution in [3.05, 3.63) is 50.0 Å². The summed E-state index contributed by atoms with van der Waals surface area (Å²) in [7, 11) is 0. The van der Waals surface area contributed by atoms with E-state index < -0.39 is 11.6 Å². The standard InChI is InChI=1S/C18H18BrF2N3O2S/c19-11-1-2-12(20)16(17(11)21)9-5-14-13(23-18(27)24(14)7-9)6-15(25)22-10-3-4-26-8-10/h1-2,9-10H,3-8H2,(H,22,25)(H,23,27)/t9-,10-/m1/s1. The van der Waals surface area contributed by atoms with Crippen molar-refractivity contribution in [1.82, 2.24) is 14.9 Å². The van der Waals surface area contributed by atoms with Gasteiger partial charge in [0.15, 0.2) is 4.77 Å². The van der Waals surface area contributed by atoms with Gasteiger partial charge in [-0.25, -0.2) is 8.78 Å². The maximum atomic E-state index is 14.5. The number of nitrogens with one attached hydrogen (secondary N) is 2. The fourth-order valence-corrected chi connectivity index (χ4v) is 4.50. The Balaban J connectivity index is 1.55. The van der Waals surface area contributed by atoms with Crippen LogP contribution in [0.15, 0.2) is 16.6 Å². The third-order valence-corrected chi connectivity index (χ3v) is 6.07. The first-order valence-electron chi connectivity index (χ1n) is 8.75. The Bertz CT molecular complexity index is 953. The van der Waals surface area contributed by atoms with Crippen molar-refractivity contribution in [3.8, 4) is 0 Å². The molecule has 0 bridgehead atoms. The molecule has 144 valence electrons. The Morgan fingerprint density at radius 3 is 3.00 bits per heavy atom. The molecule has 0 radical (unpaired) electrons. The number of benzene rings is 1. The predicted molar refractivity (Wildman–Crippen MR) is 101 cm³/mol. The van der Waals surface area contributed by atoms with Crippen LogP contribution in [-0.2, 0) is 28.9 Å². The highest BCUT2D eigenvalue weighted by molar-refractivity contribution is 9.10. The summed E-state index contributed by atoms with van der Waals surface area (Å²) in [6.45, 7) is 1.56. The lowest BCUT2D eigenvalue weighted by Crippen LogP contribution is -2.36. The average molecular weight is 458 g/mol. The SMILES string of the molecule is O=C(Cc1[nH]c(=S)n2c1C[C@@H](c1c(F)ccc(Br)c1F)C2)N[C@@H]1CCOC1. The number of carbonyl (C=O) groups excluding carboxylic acids is 1. The molecule has 2 atom stereocenters. The van der Waals surface area contributed by atoms with Crippen molar-refractivity contribution >= 4 is 34.1 Å². The van der Waals surface area contributed by atoms with Crippen molar-refractivity contribution < 1.29 is 18.3 Å². The zero-order valence-electron chi connectivity index (χ0n) is 14.4. The number of aromatic amines is 1. The molecule has 1 fully saturated rings. The Morgan fingerprint density at radius 2 is 2.26 bits per heavy atom. The molecule has 0 saturated carbocycles. The summed E-state index contributed by atoms with van der Waals surface area (Å²) in [6, 6.07) is 2.65. The first kappa shape index (κ1) is 18.8. The number of imidazole rings is 1. The van der Waals surface area contributed by atoms with Crippen LogP contribution in [-0.4, -0.2) is 34.7 Å². The third-order valence-electron chi connectivity index (χ3n) is 5.14. The van der Waals surface area contributed by atoms with Crippen LogP contribution in [0.1, 0.15) is 29.3 Å². The number of halogens is 3. The lowest BCUT2D eigenvalue weighted by Gasteiger charge is -2.13. The molecule has 5 nitrogen and oxygen atoms in total. The van der Waals surface area contributed by atoms with E-state index in [1.54, 1.807) is 0 Å². The van der Waals surface area contributed by atoms with Gasteiger partial charge in [0.25, 0.3) is 0 Å². The topological polar surface area (TPSA) is 59.0 Å². The normalized spacial score (nSPS) is 21.4. The Kier molecular flexibility index (Phi) is 5.17. The molecule has 1 aromatic heterocycles. The lowest BCUT2D eigenvalue weighted by atomic mass is 9.95. The van der Waals surface area contributed by atoms with E-state index in [-0.39, 0.29) is 34.3 Å². The van der Waals surface area contributed by atoms with E-state index in [0.29, 0.717) is 36.6 Å². The van der Waals surface area contributed by atoms with Crippen LogP contribution in [0.5, 0.6) is 0 Å². The minimum Gasteiger partial charge on any atom is -0.379 e. The Hall–Kier alpha value is -1.58. The van der Waals surface area contributed by atoms with E-state index in [1.165, 1.54) is 12.1 Å². The molecule has 0 spiro atoms. The van der Waals surface area contributed by atoms with Crippen LogP contribution in [0.3, 0.4) is 0 Å². The number of rotatable bonds is 4. The van der Waals surface area contributed by atoms with Gasteiger partial charge in [-0.05, 0) is 53.1 Å². The average Bonchev–Trinajstić information content (AvgIpc) is 3.32. The summed E-state index contributed by atoms with van der Waals surface area (Å²) in [4.78, 5) is 15.4. The van der Waals surface area contributed by atoms with Gasteiger partial charge < -0.3 is 19.6 Å². The highest BCUT2D eigenvalue weighted by atomic mass is 79.9. The molecule has 3 heterocycles. The van der Waals surface area contributed by atoms with Gasteiger partial charge in [0.1, 0.15) is 11.6 Å². The number of carbonyl (C=O) groups is 1. The molecule has 27 heavy (non-hydrogen) atoms. The van der Waals surface area contributed by atoms with Gasteiger partial charge in [-0.3, -0.25) is 4.79 Å². The molecule has 1 saturated heterocycles. The molecule has 0 aliphatic carbocycles. The number of nitrogens with zero attached hydrogens (tertiary/aromatic N) is 1. The molecular weight excluding hydrogens is 440 g/mol. The van der Waals surface area contributed by atoms with Crippen molar-refractivity contribution in [2.45, 2.75) is 37.8 Å². The maximum Gasteiger partial charge on any atom is 0.226 e. The van der Waals surface area contributed by atoms with Gasteiger partial charge in [-0.1, -0.05) is 0 Å². The largest absolute Gasteiger partial charge is 0.379 e. The van der Waals surface area contributed by atoms with Crippen molar-refractivity contribution in [2.75, 3.05) is 13.2 Å². The molecule has 1 amide bonds. The van der Waals surface area contributed by atoms with Gasteiger partial charge in [0.05, 0.1) is 23.5 Å². The molecule has 4 rings (SSSR count). The number of hydrogen-bond acceptors (Lipinski definition) is 3. The molecule has 9 heteroatoms. The number of aromatic nitrogens is 2. The molecule has 2 aliphatic rings. The van der Waals surface area contributed by atoms with E-state index in [1.807, 2.05) is 4.57 Å². The summed E-state index contributed by atoms with van der Waals surface area (Å²) in [5, 5.41) is 2.94. The van der Waals surface area contributed by atoms with Crippen molar-refractivity contribution in [1.29, 1.82) is 0 Å². The van der Waals surface area contributed by atoms with Gasteiger partial charge in [0.2, 0.25) is 5.91 Å². The van der Waals surface area contributed by atoms with E-state index in [2.05, 4.69) is 26.2 Å². The molecule has 2 aromatic rings. The Morgan fingerprint density at radius 1 is 1.44 bits per heavy atom. The minimum absolute atomic E-state index is 0.0359. The monoisotopic (exact) mass is 457 g/mol. The zero-order valence-corrected chi connectivity index (χ0v) is 16.8. The van der Waals surface area contributed by atoms with Crippen LogP contribution in [0.25, 0.3) is 0 Å². The smallest absolute Gasteiger partial charge is 0.226 e. The number of ether oxygens (including phenoxy) is 1. The van der Waals surface area contributed by atoms with Gasteiger partial charge in [0, 0.05) is 36.0 Å². The van der Waals surface area contributed by atoms with Crippen molar-refractivity contribution in [2.24, 2.45) is 0 Å². The Labute approximate surface area is 168 Å². The lowest BCUT2D eigenvalue weighted by molar-refractivity contribution is -0.121. The highest BCUT2D eigenvalue weighted by Crippen LogP contribution is 2.36. The summed E-state index contributed by atoms with van der Waals surface area (Å²) in [6.07, 6.45) is 1.38. The van der Waals surface area contributed by atoms with Gasteiger partial charge in [-0.2, -0.15) is 0 Å². The molecule has 0 unspecified atom stereocenters. The van der Waals surface area contributed by atoms with Crippen molar-refractivity contribution in [3.63, 3.8) is 0 Å². The quantitative estimate of drug-likeness (QED) is 0.546. The summed E-state index contributed by atoms with van der Waals surface area (Å²) in [5.74, 6) is -1.63. The predicted octanol–water partition coefficient (Wildman–Crippen LogP) is 3.37. The van der Waals surface area contributed by atoms with Crippen LogP contribution in [0.2, 0.25) is 0 Å². The summed E-state index contributed by atoms with van der Waals surface area (Å²) >= 11 is 8.47. The van der Waals surface area contributed by atoms with Gasteiger partial charge in [-0.15, -0.1) is 0 Å². The molecular formula is C18H18BrF2N3O2S. The third kappa shape index (κ3) is 3.60. The fraction of sp³-hybridized carbons (Fsp3) is 0.444. The van der Waals surface area contributed by atoms with E-state index in [4.69, 9.17) is 17.0 Å². The maximum absolute atomic E-state index is 14.5. The fourth-order valence-electron chi connectivity index (χ4n) is 3.84. The van der Waals surface area contributed by atoms with E-state index in [0.717, 1.165) is 12.1 Å². The molecule has 2 N–H and O–H groups in total. The van der Waals surface area contributed by atoms with Crippen LogP contribution in [0.4, 0.5) is 8.78 Å². The zero-order chi connectivity index (χ0) is 19.1. The summed E-state index contributed by atoms with van der Waals surface area (Å²) < 4.78 is 36.5. The minimum atomic E-state index is -0.582. The van der Waals surface area contributed by atoms with Gasteiger partial charge >= 0.3 is 0 Å². The second-order valence-electron chi connectivity index (χ2n) is 6.93.